The fourth-order valence-electron chi connectivity index (χ4n) is 4.06. The third-order valence-corrected chi connectivity index (χ3v) is 8.02. The first-order valence-corrected chi connectivity index (χ1v) is 16.1. The molecule has 0 unspecified atom stereocenters. The van der Waals surface area contributed by atoms with Gasteiger partial charge in [0.1, 0.15) is 0 Å². The molecule has 4 aromatic carbocycles. The van der Waals surface area contributed by atoms with Crippen LogP contribution in [0.1, 0.15) is 13.8 Å². The summed E-state index contributed by atoms with van der Waals surface area (Å²) in [5, 5.41) is 9.98. The molecule has 0 bridgehead atoms. The number of benzene rings is 3. The standard InChI is InChI=1S/C21H14P.C7H9.2ClH.Ti/c1-2-8-16-14-17(13-15(16)7-1)22-20-11-5-3-9-18(20)19-10-4-6-12-21(19)22;1-7(2)5-3-4-6-7;;;/h1-14H;3-5H,1-2H3;2*1H;/q2*-1;;;+2/p-2. The third-order valence-electron chi connectivity index (χ3n) is 5.51. The summed E-state index contributed by atoms with van der Waals surface area (Å²) >= 11 is -0.556. The van der Waals surface area contributed by atoms with E-state index in [2.05, 4.69) is 111 Å². The van der Waals surface area contributed by atoms with E-state index in [-0.39, 0.29) is 5.41 Å². The zero-order valence-corrected chi connectivity index (χ0v) is 22.0. The Morgan fingerprint density at radius 1 is 0.844 bits per heavy atom. The molecule has 32 heavy (non-hydrogen) atoms. The van der Waals surface area contributed by atoms with Gasteiger partial charge in [-0.15, -0.1) is 35.0 Å². The number of hydrogen-bond acceptors (Lipinski definition) is 0. The van der Waals surface area contributed by atoms with Crippen LogP contribution in [-0.4, -0.2) is 0 Å². The van der Waals surface area contributed by atoms with Gasteiger partial charge in [-0.1, -0.05) is 86.7 Å². The molecule has 6 rings (SSSR count). The van der Waals surface area contributed by atoms with Crippen LogP contribution in [0, 0.1) is 11.5 Å². The molecular formula is C28H23Cl2PTi-2. The summed E-state index contributed by atoms with van der Waals surface area (Å²) in [6.45, 7) is 4.26. The van der Waals surface area contributed by atoms with Gasteiger partial charge in [0, 0.05) is 10.2 Å². The van der Waals surface area contributed by atoms with Gasteiger partial charge < -0.3 is 0 Å². The second-order valence-corrected chi connectivity index (χ2v) is 12.9. The average Bonchev–Trinajstić information content (AvgIpc) is 3.49. The summed E-state index contributed by atoms with van der Waals surface area (Å²) in [7, 11) is 9.36. The van der Waals surface area contributed by atoms with Crippen LogP contribution >= 0.6 is 26.1 Å². The van der Waals surface area contributed by atoms with E-state index in [1.165, 1.54) is 37.1 Å². The van der Waals surface area contributed by atoms with Crippen molar-refractivity contribution >= 4 is 57.9 Å². The molecule has 0 radical (unpaired) electrons. The second kappa shape index (κ2) is 10.5. The first-order valence-electron chi connectivity index (χ1n) is 10.4. The van der Waals surface area contributed by atoms with Crippen LogP contribution in [0.3, 0.4) is 0 Å². The van der Waals surface area contributed by atoms with Gasteiger partial charge in [0.15, 0.2) is 0 Å². The summed E-state index contributed by atoms with van der Waals surface area (Å²) < 4.78 is 0. The van der Waals surface area contributed by atoms with Gasteiger partial charge in [-0.2, -0.15) is 12.1 Å². The van der Waals surface area contributed by atoms with E-state index in [0.29, 0.717) is 0 Å². The van der Waals surface area contributed by atoms with E-state index in [0.717, 1.165) is 0 Å². The molecule has 0 saturated heterocycles. The maximum Gasteiger partial charge on any atom is 0.00532 e. The zero-order chi connectivity index (χ0) is 22.6. The van der Waals surface area contributed by atoms with Gasteiger partial charge in [-0.25, -0.2) is 12.2 Å². The Morgan fingerprint density at radius 2 is 1.41 bits per heavy atom. The summed E-state index contributed by atoms with van der Waals surface area (Å²) in [5.41, 5.74) is 0.208. The minimum Gasteiger partial charge on any atom is -0.157 e. The molecule has 1 heterocycles. The van der Waals surface area contributed by atoms with Crippen molar-refractivity contribution in [2.45, 2.75) is 13.8 Å². The Bertz CT molecular complexity index is 1300. The van der Waals surface area contributed by atoms with Gasteiger partial charge >= 0.3 is 35.6 Å². The molecule has 4 heteroatoms. The van der Waals surface area contributed by atoms with Crippen LogP contribution in [0.4, 0.5) is 0 Å². The molecule has 5 aromatic rings. The number of halogens is 2. The van der Waals surface area contributed by atoms with Crippen LogP contribution in [0.2, 0.25) is 0 Å². The Balaban J connectivity index is 0.000000206. The Labute approximate surface area is 207 Å². The molecule has 1 aromatic heterocycles. The topological polar surface area (TPSA) is 0 Å². The van der Waals surface area contributed by atoms with Gasteiger partial charge in [0.25, 0.3) is 0 Å². The fraction of sp³-hybridized carbons (Fsp3) is 0.107. The Kier molecular flexibility index (Phi) is 7.72. The molecule has 1 aliphatic rings. The molecule has 0 fully saturated rings. The van der Waals surface area contributed by atoms with E-state index in [9.17, 15) is 0 Å². The van der Waals surface area contributed by atoms with Crippen molar-refractivity contribution < 1.29 is 17.0 Å². The summed E-state index contributed by atoms with van der Waals surface area (Å²) in [5.74, 6) is 0. The van der Waals surface area contributed by atoms with Crippen molar-refractivity contribution in [1.82, 2.24) is 0 Å². The number of hydrogen-bond donors (Lipinski definition) is 0. The van der Waals surface area contributed by atoms with Crippen molar-refractivity contribution in [3.63, 3.8) is 0 Å². The minimum atomic E-state index is -0.556. The van der Waals surface area contributed by atoms with Gasteiger partial charge in [0.05, 0.1) is 0 Å². The molecule has 0 spiro atoms. The van der Waals surface area contributed by atoms with E-state index in [4.69, 9.17) is 18.6 Å². The number of fused-ring (bicyclic) bond motifs is 4. The molecule has 0 N–H and O–H groups in total. The largest absolute Gasteiger partial charge is 0.157 e. The quantitative estimate of drug-likeness (QED) is 0.156. The summed E-state index contributed by atoms with van der Waals surface area (Å²) in [4.78, 5) is 0. The second-order valence-electron chi connectivity index (χ2n) is 8.18. The van der Waals surface area contributed by atoms with Crippen molar-refractivity contribution in [3.8, 4) is 5.30 Å². The SMILES string of the molecule is CC1(C)[C-]=CC=C1.[Cl][Ti][Cl].c1ccc2[cH-]c(-p3c4ccccc4c4ccccc43)cc2c1. The van der Waals surface area contributed by atoms with E-state index in [1.54, 1.807) is 0 Å². The molecular weight excluding hydrogens is 486 g/mol. The Morgan fingerprint density at radius 3 is 1.91 bits per heavy atom. The maximum atomic E-state index is 4.89. The van der Waals surface area contributed by atoms with Crippen molar-refractivity contribution in [3.05, 3.63) is 109 Å². The molecule has 0 aliphatic heterocycles. The average molecular weight is 509 g/mol. The maximum absolute atomic E-state index is 4.89. The first-order chi connectivity index (χ1) is 15.5. The monoisotopic (exact) mass is 508 g/mol. The van der Waals surface area contributed by atoms with E-state index >= 15 is 0 Å². The van der Waals surface area contributed by atoms with Crippen LogP contribution in [0.25, 0.3) is 37.1 Å². The smallest absolute Gasteiger partial charge is 0.00532 e. The van der Waals surface area contributed by atoms with Crippen molar-refractivity contribution in [2.24, 2.45) is 5.41 Å². The molecule has 0 nitrogen and oxygen atoms in total. The third kappa shape index (κ3) is 5.12. The zero-order valence-electron chi connectivity index (χ0n) is 18.0. The van der Waals surface area contributed by atoms with Crippen LogP contribution in [0.15, 0.2) is 103 Å². The number of rotatable bonds is 1. The predicted octanol–water partition coefficient (Wildman–Crippen LogP) is 10.2. The van der Waals surface area contributed by atoms with Crippen LogP contribution < -0.4 is 0 Å². The van der Waals surface area contributed by atoms with Gasteiger partial charge in [-0.05, 0) is 10.8 Å². The molecule has 1 aliphatic carbocycles. The molecule has 0 saturated carbocycles. The van der Waals surface area contributed by atoms with Crippen molar-refractivity contribution in [2.75, 3.05) is 0 Å². The van der Waals surface area contributed by atoms with Gasteiger partial charge in [-0.3, -0.25) is 6.08 Å². The summed E-state index contributed by atoms with van der Waals surface area (Å²) in [6.07, 6.45) is 9.28. The minimum absolute atomic E-state index is 0.208. The predicted molar refractivity (Wildman–Crippen MR) is 141 cm³/mol. The van der Waals surface area contributed by atoms with E-state index < -0.39 is 24.6 Å². The number of allylic oxidation sites excluding steroid dienone is 4. The van der Waals surface area contributed by atoms with Crippen molar-refractivity contribution in [1.29, 1.82) is 0 Å². The Hall–Kier alpha value is -1.66. The van der Waals surface area contributed by atoms with Crippen LogP contribution in [0.5, 0.6) is 0 Å². The fourth-order valence-corrected chi connectivity index (χ4v) is 6.76. The molecule has 160 valence electrons. The normalized spacial score (nSPS) is 13.6. The van der Waals surface area contributed by atoms with Crippen LogP contribution in [-0.2, 0) is 17.0 Å². The molecule has 0 amide bonds. The molecule has 0 atom stereocenters. The summed E-state index contributed by atoms with van der Waals surface area (Å²) in [6, 6.07) is 31.2. The van der Waals surface area contributed by atoms with Gasteiger partial charge in [0.2, 0.25) is 0 Å². The van der Waals surface area contributed by atoms with E-state index in [1.807, 2.05) is 12.2 Å². The first kappa shape index (κ1) is 23.5.